The van der Waals surface area contributed by atoms with Crippen molar-refractivity contribution in [3.8, 4) is 17.1 Å². The molecule has 0 fully saturated rings. The van der Waals surface area contributed by atoms with Gasteiger partial charge < -0.3 is 14.6 Å². The van der Waals surface area contributed by atoms with Crippen LogP contribution in [0.1, 0.15) is 19.2 Å². The first-order chi connectivity index (χ1) is 14.8. The number of sulfonamides is 1. The number of hydrogen-bond donors (Lipinski definition) is 1. The lowest BCUT2D eigenvalue weighted by Crippen LogP contribution is -2.49. The fraction of sp³-hybridized carbons (Fsp3) is 0.286. The minimum absolute atomic E-state index is 0.0291. The molecule has 1 N–H and O–H groups in total. The first kappa shape index (κ1) is 22.3. The van der Waals surface area contributed by atoms with E-state index in [0.717, 1.165) is 10.6 Å². The number of anilines is 1. The van der Waals surface area contributed by atoms with Gasteiger partial charge in [0.15, 0.2) is 0 Å². The molecule has 0 aliphatic rings. The minimum atomic E-state index is -3.69. The summed E-state index contributed by atoms with van der Waals surface area (Å²) in [6, 6.07) is 14.8. The zero-order chi connectivity index (χ0) is 22.4. The highest BCUT2D eigenvalue weighted by atomic mass is 32.2. The van der Waals surface area contributed by atoms with Crippen LogP contribution in [0.25, 0.3) is 11.4 Å². The first-order valence-corrected chi connectivity index (χ1v) is 11.5. The quantitative estimate of drug-likeness (QED) is 0.539. The second-order valence-electron chi connectivity index (χ2n) is 6.78. The number of carbonyl (C=O) groups excluding carboxylic acids is 1. The van der Waals surface area contributed by atoms with Crippen LogP contribution in [-0.4, -0.2) is 43.9 Å². The van der Waals surface area contributed by atoms with Crippen molar-refractivity contribution < 1.29 is 22.5 Å². The van der Waals surface area contributed by atoms with Crippen molar-refractivity contribution in [1.29, 1.82) is 0 Å². The van der Waals surface area contributed by atoms with Gasteiger partial charge in [-0.25, -0.2) is 8.42 Å². The first-order valence-electron chi connectivity index (χ1n) is 9.62. The molecule has 0 radical (unpaired) electrons. The Labute approximate surface area is 181 Å². The van der Waals surface area contributed by atoms with Gasteiger partial charge in [0, 0.05) is 5.56 Å². The number of ether oxygens (including phenoxy) is 1. The highest BCUT2D eigenvalue weighted by Crippen LogP contribution is 2.23. The van der Waals surface area contributed by atoms with Crippen LogP contribution in [0, 0.1) is 0 Å². The maximum Gasteiger partial charge on any atom is 0.246 e. The number of nitrogens with zero attached hydrogens (tertiary/aromatic N) is 3. The van der Waals surface area contributed by atoms with Gasteiger partial charge in [-0.15, -0.1) is 0 Å². The summed E-state index contributed by atoms with van der Waals surface area (Å²) < 4.78 is 36.4. The third-order valence-electron chi connectivity index (χ3n) is 4.55. The Bertz CT molecular complexity index is 1130. The Morgan fingerprint density at radius 2 is 1.94 bits per heavy atom. The number of amides is 1. The number of para-hydroxylation sites is 1. The van der Waals surface area contributed by atoms with Gasteiger partial charge in [-0.2, -0.15) is 4.98 Å². The highest BCUT2D eigenvalue weighted by molar-refractivity contribution is 7.92. The molecule has 0 spiro atoms. The SMILES string of the molecule is CC[C@H](C(=O)NCc1nc(-c2cccc(OC)c2)no1)N(c1ccccc1)S(C)(=O)=O. The summed E-state index contributed by atoms with van der Waals surface area (Å²) in [6.45, 7) is 1.72. The van der Waals surface area contributed by atoms with Crippen molar-refractivity contribution in [2.45, 2.75) is 25.9 Å². The van der Waals surface area contributed by atoms with E-state index in [4.69, 9.17) is 9.26 Å². The fourth-order valence-electron chi connectivity index (χ4n) is 3.12. The van der Waals surface area contributed by atoms with E-state index in [2.05, 4.69) is 15.5 Å². The molecule has 3 aromatic rings. The van der Waals surface area contributed by atoms with Gasteiger partial charge in [0.25, 0.3) is 0 Å². The van der Waals surface area contributed by atoms with Crippen LogP contribution in [0.3, 0.4) is 0 Å². The summed E-state index contributed by atoms with van der Waals surface area (Å²) in [4.78, 5) is 17.1. The van der Waals surface area contributed by atoms with Crippen molar-refractivity contribution in [3.63, 3.8) is 0 Å². The molecule has 164 valence electrons. The predicted molar refractivity (Wildman–Crippen MR) is 116 cm³/mol. The molecular weight excluding hydrogens is 420 g/mol. The Kier molecular flexibility index (Phi) is 6.91. The summed E-state index contributed by atoms with van der Waals surface area (Å²) in [6.07, 6.45) is 1.36. The van der Waals surface area contributed by atoms with Crippen molar-refractivity contribution in [2.24, 2.45) is 0 Å². The molecule has 1 heterocycles. The molecule has 0 saturated carbocycles. The van der Waals surface area contributed by atoms with Crippen molar-refractivity contribution >= 4 is 21.6 Å². The van der Waals surface area contributed by atoms with Crippen LogP contribution < -0.4 is 14.4 Å². The number of benzene rings is 2. The predicted octanol–water partition coefficient (Wildman–Crippen LogP) is 2.61. The highest BCUT2D eigenvalue weighted by Gasteiger charge is 2.31. The van der Waals surface area contributed by atoms with Gasteiger partial charge >= 0.3 is 0 Å². The third kappa shape index (κ3) is 5.40. The maximum absolute atomic E-state index is 12.8. The topological polar surface area (TPSA) is 115 Å². The van der Waals surface area contributed by atoms with Crippen molar-refractivity contribution in [2.75, 3.05) is 17.7 Å². The van der Waals surface area contributed by atoms with Gasteiger partial charge in [0.05, 0.1) is 25.6 Å². The molecule has 0 aliphatic carbocycles. The van der Waals surface area contributed by atoms with Crippen molar-refractivity contribution in [1.82, 2.24) is 15.5 Å². The van der Waals surface area contributed by atoms with E-state index in [1.807, 2.05) is 6.07 Å². The Morgan fingerprint density at radius 1 is 1.19 bits per heavy atom. The molecule has 3 rings (SSSR count). The van der Waals surface area contributed by atoms with Gasteiger partial charge in [-0.05, 0) is 30.7 Å². The molecule has 0 bridgehead atoms. The zero-order valence-corrected chi connectivity index (χ0v) is 18.3. The summed E-state index contributed by atoms with van der Waals surface area (Å²) >= 11 is 0. The molecular formula is C21H24N4O5S. The molecule has 1 atom stereocenters. The van der Waals surface area contributed by atoms with Crippen LogP contribution in [0.5, 0.6) is 5.75 Å². The second kappa shape index (κ2) is 9.61. The van der Waals surface area contributed by atoms with Gasteiger partial charge in [0.2, 0.25) is 27.6 Å². The number of rotatable bonds is 9. The van der Waals surface area contributed by atoms with E-state index >= 15 is 0 Å². The normalized spacial score (nSPS) is 12.2. The summed E-state index contributed by atoms with van der Waals surface area (Å²) in [5.41, 5.74) is 1.13. The Hall–Kier alpha value is -3.40. The van der Waals surface area contributed by atoms with Crippen LogP contribution in [0.4, 0.5) is 5.69 Å². The van der Waals surface area contributed by atoms with Gasteiger partial charge in [-0.1, -0.05) is 42.4 Å². The van der Waals surface area contributed by atoms with Gasteiger partial charge in [0.1, 0.15) is 11.8 Å². The van der Waals surface area contributed by atoms with Crippen molar-refractivity contribution in [3.05, 3.63) is 60.5 Å². The summed E-state index contributed by atoms with van der Waals surface area (Å²) in [5, 5.41) is 6.62. The Balaban J connectivity index is 1.73. The maximum atomic E-state index is 12.8. The smallest absolute Gasteiger partial charge is 0.246 e. The van der Waals surface area contributed by atoms with Crippen LogP contribution in [-0.2, 0) is 21.4 Å². The second-order valence-corrected chi connectivity index (χ2v) is 8.64. The summed E-state index contributed by atoms with van der Waals surface area (Å²) in [5.74, 6) is 0.756. The standard InChI is InChI=1S/C21H24N4O5S/c1-4-18(25(31(3,27)28)16-10-6-5-7-11-16)21(26)22-14-19-23-20(24-30-19)15-9-8-12-17(13-15)29-2/h5-13,18H,4,14H2,1-3H3,(H,22,26)/t18-/m1/s1. The summed E-state index contributed by atoms with van der Waals surface area (Å²) in [7, 11) is -2.12. The van der Waals surface area contributed by atoms with E-state index in [9.17, 15) is 13.2 Å². The van der Waals surface area contributed by atoms with Gasteiger partial charge in [-0.3, -0.25) is 9.10 Å². The molecule has 0 unspecified atom stereocenters. The van der Waals surface area contributed by atoms with E-state index < -0.39 is 22.0 Å². The van der Waals surface area contributed by atoms with E-state index in [1.165, 1.54) is 0 Å². The fourth-order valence-corrected chi connectivity index (χ4v) is 4.33. The third-order valence-corrected chi connectivity index (χ3v) is 5.73. The molecule has 0 saturated heterocycles. The Morgan fingerprint density at radius 3 is 2.58 bits per heavy atom. The number of hydrogen-bond acceptors (Lipinski definition) is 7. The minimum Gasteiger partial charge on any atom is -0.497 e. The number of carbonyl (C=O) groups is 1. The average molecular weight is 445 g/mol. The molecule has 10 heteroatoms. The average Bonchev–Trinajstić information content (AvgIpc) is 3.24. The number of nitrogens with one attached hydrogen (secondary N) is 1. The molecule has 1 amide bonds. The zero-order valence-electron chi connectivity index (χ0n) is 17.5. The molecule has 2 aromatic carbocycles. The van der Waals surface area contributed by atoms with Crippen LogP contribution in [0.2, 0.25) is 0 Å². The van der Waals surface area contributed by atoms with E-state index in [1.54, 1.807) is 62.6 Å². The largest absolute Gasteiger partial charge is 0.497 e. The van der Waals surface area contributed by atoms with Crippen LogP contribution in [0.15, 0.2) is 59.1 Å². The monoisotopic (exact) mass is 444 g/mol. The number of methoxy groups -OCH3 is 1. The van der Waals surface area contributed by atoms with Crippen LogP contribution >= 0.6 is 0 Å². The van der Waals surface area contributed by atoms with E-state index in [0.29, 0.717) is 22.8 Å². The lowest BCUT2D eigenvalue weighted by molar-refractivity contribution is -0.122. The molecule has 1 aromatic heterocycles. The lowest BCUT2D eigenvalue weighted by Gasteiger charge is -2.29. The molecule has 9 nitrogen and oxygen atoms in total. The number of aromatic nitrogens is 2. The molecule has 31 heavy (non-hydrogen) atoms. The lowest BCUT2D eigenvalue weighted by atomic mass is 10.2. The molecule has 0 aliphatic heterocycles. The van der Waals surface area contributed by atoms with E-state index in [-0.39, 0.29) is 18.9 Å².